The van der Waals surface area contributed by atoms with Gasteiger partial charge in [0, 0.05) is 12.2 Å². The van der Waals surface area contributed by atoms with E-state index in [-0.39, 0.29) is 18.6 Å². The highest BCUT2D eigenvalue weighted by atomic mass is 32.1. The van der Waals surface area contributed by atoms with E-state index < -0.39 is 29.9 Å². The smallest absolute Gasteiger partial charge is 0.322 e. The Bertz CT molecular complexity index is 299. The van der Waals surface area contributed by atoms with Gasteiger partial charge in [0.05, 0.1) is 0 Å². The van der Waals surface area contributed by atoms with Crippen molar-refractivity contribution in [1.82, 2.24) is 10.9 Å². The molecule has 1 amide bonds. The van der Waals surface area contributed by atoms with Crippen molar-refractivity contribution in [2.45, 2.75) is 24.9 Å². The molecule has 0 radical (unpaired) electrons. The van der Waals surface area contributed by atoms with Crippen molar-refractivity contribution < 1.29 is 24.6 Å². The van der Waals surface area contributed by atoms with Crippen molar-refractivity contribution in [3.05, 3.63) is 0 Å². The number of thiol groups is 1. The number of aliphatic carboxylic acids is 2. The number of carbonyl (C=O) groups is 3. The van der Waals surface area contributed by atoms with Gasteiger partial charge in [0.15, 0.2) is 0 Å². The van der Waals surface area contributed by atoms with Gasteiger partial charge in [-0.1, -0.05) is 0 Å². The predicted molar refractivity (Wildman–Crippen MR) is 61.4 cm³/mol. The van der Waals surface area contributed by atoms with Gasteiger partial charge in [-0.2, -0.15) is 12.6 Å². The number of amides is 1. The molecule has 9 heteroatoms. The van der Waals surface area contributed by atoms with Crippen LogP contribution in [0.25, 0.3) is 0 Å². The fourth-order valence-electron chi connectivity index (χ4n) is 0.940. The normalized spacial score (nSPS) is 13.9. The zero-order chi connectivity index (χ0) is 13.4. The van der Waals surface area contributed by atoms with Crippen molar-refractivity contribution in [3.8, 4) is 0 Å². The van der Waals surface area contributed by atoms with Crippen LogP contribution in [0.1, 0.15) is 12.8 Å². The number of rotatable bonds is 9. The van der Waals surface area contributed by atoms with Crippen LogP contribution in [-0.2, 0) is 14.4 Å². The maximum atomic E-state index is 10.9. The van der Waals surface area contributed by atoms with E-state index in [1.165, 1.54) is 0 Å². The van der Waals surface area contributed by atoms with Crippen molar-refractivity contribution in [2.75, 3.05) is 5.75 Å². The molecule has 0 heterocycles. The van der Waals surface area contributed by atoms with Crippen LogP contribution in [0.3, 0.4) is 0 Å². The lowest BCUT2D eigenvalue weighted by Gasteiger charge is -2.18. The highest BCUT2D eigenvalue weighted by molar-refractivity contribution is 7.80. The van der Waals surface area contributed by atoms with Crippen LogP contribution in [0.5, 0.6) is 0 Å². The molecule has 6 N–H and O–H groups in total. The zero-order valence-corrected chi connectivity index (χ0v) is 9.81. The third-order valence-electron chi connectivity index (χ3n) is 1.90. The highest BCUT2D eigenvalue weighted by Crippen LogP contribution is 1.96. The van der Waals surface area contributed by atoms with Crippen molar-refractivity contribution >= 4 is 30.5 Å². The van der Waals surface area contributed by atoms with Gasteiger partial charge in [0.1, 0.15) is 12.1 Å². The number of nitrogens with one attached hydrogen (secondary N) is 2. The highest BCUT2D eigenvalue weighted by Gasteiger charge is 2.20. The first-order valence-corrected chi connectivity index (χ1v) is 5.37. The molecule has 0 spiro atoms. The van der Waals surface area contributed by atoms with E-state index in [9.17, 15) is 14.4 Å². The van der Waals surface area contributed by atoms with Gasteiger partial charge in [-0.3, -0.25) is 14.4 Å². The van der Waals surface area contributed by atoms with Crippen molar-refractivity contribution in [1.29, 1.82) is 0 Å². The molecule has 98 valence electrons. The summed E-state index contributed by atoms with van der Waals surface area (Å²) in [6.07, 6.45) is -0.280. The number of hydrogen-bond acceptors (Lipinski definition) is 6. The SMILES string of the molecule is NC(=O)[C@H](CCC(=O)O)NN[C@@H](CS)C(=O)O. The van der Waals surface area contributed by atoms with Crippen LogP contribution in [0.15, 0.2) is 0 Å². The summed E-state index contributed by atoms with van der Waals surface area (Å²) < 4.78 is 0. The van der Waals surface area contributed by atoms with E-state index in [0.29, 0.717) is 0 Å². The van der Waals surface area contributed by atoms with Gasteiger partial charge in [0.2, 0.25) is 5.91 Å². The van der Waals surface area contributed by atoms with E-state index in [4.69, 9.17) is 15.9 Å². The van der Waals surface area contributed by atoms with Crippen LogP contribution >= 0.6 is 12.6 Å². The topological polar surface area (TPSA) is 142 Å². The van der Waals surface area contributed by atoms with E-state index in [2.05, 4.69) is 23.5 Å². The number of carbonyl (C=O) groups excluding carboxylic acids is 1. The van der Waals surface area contributed by atoms with E-state index in [1.807, 2.05) is 0 Å². The Morgan fingerprint density at radius 2 is 1.71 bits per heavy atom. The lowest BCUT2D eigenvalue weighted by molar-refractivity contribution is -0.140. The Morgan fingerprint density at radius 3 is 2.06 bits per heavy atom. The van der Waals surface area contributed by atoms with Crippen LogP contribution in [0.4, 0.5) is 0 Å². The first kappa shape index (κ1) is 15.7. The largest absolute Gasteiger partial charge is 0.481 e. The molecule has 0 aromatic rings. The predicted octanol–water partition coefficient (Wildman–Crippen LogP) is -1.82. The molecule has 0 aliphatic heterocycles. The van der Waals surface area contributed by atoms with E-state index >= 15 is 0 Å². The van der Waals surface area contributed by atoms with Crippen LogP contribution in [0.2, 0.25) is 0 Å². The second kappa shape index (κ2) is 7.87. The maximum absolute atomic E-state index is 10.9. The van der Waals surface area contributed by atoms with Gasteiger partial charge in [-0.25, -0.2) is 10.9 Å². The molecule has 2 atom stereocenters. The van der Waals surface area contributed by atoms with Gasteiger partial charge >= 0.3 is 11.9 Å². The monoisotopic (exact) mass is 265 g/mol. The molecular formula is C8H15N3O5S. The lowest BCUT2D eigenvalue weighted by Crippen LogP contribution is -2.54. The van der Waals surface area contributed by atoms with Gasteiger partial charge in [-0.15, -0.1) is 0 Å². The average molecular weight is 265 g/mol. The third kappa shape index (κ3) is 6.76. The number of hydrogen-bond donors (Lipinski definition) is 6. The van der Waals surface area contributed by atoms with E-state index in [1.54, 1.807) is 0 Å². The maximum Gasteiger partial charge on any atom is 0.322 e. The fraction of sp³-hybridized carbons (Fsp3) is 0.625. The Labute approximate surface area is 103 Å². The molecule has 0 aliphatic rings. The Hall–Kier alpha value is -1.32. The number of carboxylic acid groups (broad SMARTS) is 2. The summed E-state index contributed by atoms with van der Waals surface area (Å²) in [6, 6.07) is -1.95. The molecule has 0 aromatic heterocycles. The minimum Gasteiger partial charge on any atom is -0.481 e. The molecule has 0 saturated carbocycles. The second-order valence-electron chi connectivity index (χ2n) is 3.25. The lowest BCUT2D eigenvalue weighted by atomic mass is 10.1. The van der Waals surface area contributed by atoms with Gasteiger partial charge in [-0.05, 0) is 6.42 Å². The van der Waals surface area contributed by atoms with Crippen LogP contribution < -0.4 is 16.6 Å². The molecular weight excluding hydrogens is 250 g/mol. The van der Waals surface area contributed by atoms with Crippen LogP contribution in [-0.4, -0.2) is 45.9 Å². The van der Waals surface area contributed by atoms with Crippen molar-refractivity contribution in [2.24, 2.45) is 5.73 Å². The molecule has 0 bridgehead atoms. The standard InChI is InChI=1S/C8H15N3O5S/c9-7(14)4(1-2-6(12)13)10-11-5(3-17)8(15)16/h4-5,10-11,17H,1-3H2,(H2,9,14)(H,12,13)(H,15,16)/t4-,5-/m0/s1. The first-order valence-electron chi connectivity index (χ1n) is 4.74. The molecule has 0 aromatic carbocycles. The molecule has 0 unspecified atom stereocenters. The summed E-state index contributed by atoms with van der Waals surface area (Å²) >= 11 is 3.80. The fourth-order valence-corrected chi connectivity index (χ4v) is 1.19. The Morgan fingerprint density at radius 1 is 1.18 bits per heavy atom. The minimum atomic E-state index is -1.14. The van der Waals surface area contributed by atoms with Gasteiger partial charge in [0.25, 0.3) is 0 Å². The number of nitrogens with two attached hydrogens (primary N) is 1. The van der Waals surface area contributed by atoms with Gasteiger partial charge < -0.3 is 15.9 Å². The number of hydrazine groups is 1. The summed E-state index contributed by atoms with van der Waals surface area (Å²) in [5, 5.41) is 17.1. The molecule has 0 aliphatic carbocycles. The third-order valence-corrected chi connectivity index (χ3v) is 2.27. The molecule has 8 nitrogen and oxygen atoms in total. The second-order valence-corrected chi connectivity index (χ2v) is 3.61. The molecule has 0 fully saturated rings. The number of primary amides is 1. The molecule has 17 heavy (non-hydrogen) atoms. The number of carboxylic acids is 2. The Balaban J connectivity index is 4.21. The summed E-state index contributed by atoms with van der Waals surface area (Å²) in [4.78, 5) is 31.9. The van der Waals surface area contributed by atoms with Crippen LogP contribution in [0, 0.1) is 0 Å². The summed E-state index contributed by atoms with van der Waals surface area (Å²) in [5.41, 5.74) is 9.77. The molecule has 0 rings (SSSR count). The Kier molecular flexibility index (Phi) is 7.26. The summed E-state index contributed by atoms with van der Waals surface area (Å²) in [7, 11) is 0. The minimum absolute atomic E-state index is 0.00669. The molecule has 0 saturated heterocycles. The van der Waals surface area contributed by atoms with E-state index in [0.717, 1.165) is 0 Å². The first-order chi connectivity index (χ1) is 7.88. The zero-order valence-electron chi connectivity index (χ0n) is 8.92. The quantitative estimate of drug-likeness (QED) is 0.213. The summed E-state index contributed by atoms with van der Waals surface area (Å²) in [5.74, 6) is -2.97. The average Bonchev–Trinajstić information content (AvgIpc) is 2.21. The van der Waals surface area contributed by atoms with Crippen molar-refractivity contribution in [3.63, 3.8) is 0 Å². The summed E-state index contributed by atoms with van der Waals surface area (Å²) in [6.45, 7) is 0.